The predicted molar refractivity (Wildman–Crippen MR) is 114 cm³/mol. The van der Waals surface area contributed by atoms with Crippen molar-refractivity contribution in [3.05, 3.63) is 60.1 Å². The molecule has 160 valence electrons. The Balaban J connectivity index is 1.26. The number of piperazine rings is 1. The molecule has 2 saturated heterocycles. The molecule has 0 radical (unpaired) electrons. The number of carbonyl (C=O) groups excluding carboxylic acids is 2. The molecule has 0 saturated carbocycles. The number of likely N-dealkylation sites (tertiary alicyclic amines) is 1. The van der Waals surface area contributed by atoms with Gasteiger partial charge >= 0.3 is 0 Å². The van der Waals surface area contributed by atoms with E-state index in [1.807, 2.05) is 52.3 Å². The van der Waals surface area contributed by atoms with Crippen LogP contribution in [0.1, 0.15) is 30.2 Å². The van der Waals surface area contributed by atoms with Crippen LogP contribution in [0, 0.1) is 0 Å². The fraction of sp³-hybridized carbons (Fsp3) is 0.478. The molecular formula is C23H30N4O3. The van der Waals surface area contributed by atoms with Crippen LogP contribution in [0.15, 0.2) is 53.1 Å². The lowest BCUT2D eigenvalue weighted by Gasteiger charge is -2.35. The van der Waals surface area contributed by atoms with Crippen LogP contribution in [0.5, 0.6) is 0 Å². The van der Waals surface area contributed by atoms with E-state index in [0.29, 0.717) is 19.6 Å². The van der Waals surface area contributed by atoms with Gasteiger partial charge in [0, 0.05) is 39.3 Å². The van der Waals surface area contributed by atoms with Gasteiger partial charge in [-0.15, -0.1) is 0 Å². The smallest absolute Gasteiger partial charge is 0.236 e. The Morgan fingerprint density at radius 1 is 0.867 bits per heavy atom. The first kappa shape index (κ1) is 20.6. The van der Waals surface area contributed by atoms with Crippen LogP contribution >= 0.6 is 0 Å². The molecule has 0 aliphatic carbocycles. The van der Waals surface area contributed by atoms with Crippen molar-refractivity contribution >= 4 is 11.8 Å². The van der Waals surface area contributed by atoms with Crippen LogP contribution in [0.3, 0.4) is 0 Å². The number of nitrogens with zero attached hydrogens (tertiary/aromatic N) is 3. The van der Waals surface area contributed by atoms with E-state index in [4.69, 9.17) is 4.42 Å². The predicted octanol–water partition coefficient (Wildman–Crippen LogP) is 1.73. The normalized spacial score (nSPS) is 18.5. The highest BCUT2D eigenvalue weighted by Gasteiger charge is 2.26. The monoisotopic (exact) mass is 410 g/mol. The Bertz CT molecular complexity index is 810. The van der Waals surface area contributed by atoms with Crippen LogP contribution in [-0.4, -0.2) is 78.9 Å². The van der Waals surface area contributed by atoms with Crippen LogP contribution in [0.4, 0.5) is 0 Å². The number of carbonyl (C=O) groups is 2. The van der Waals surface area contributed by atoms with Gasteiger partial charge in [0.25, 0.3) is 0 Å². The zero-order chi connectivity index (χ0) is 20.8. The maximum atomic E-state index is 12.8. The van der Waals surface area contributed by atoms with Gasteiger partial charge in [-0.05, 0) is 30.5 Å². The fourth-order valence-electron chi connectivity index (χ4n) is 4.20. The van der Waals surface area contributed by atoms with Crippen molar-refractivity contribution in [2.45, 2.75) is 18.9 Å². The lowest BCUT2D eigenvalue weighted by molar-refractivity contribution is -0.134. The van der Waals surface area contributed by atoms with E-state index in [-0.39, 0.29) is 24.4 Å². The molecule has 7 heteroatoms. The Hall–Kier alpha value is -2.64. The van der Waals surface area contributed by atoms with Crippen molar-refractivity contribution in [1.82, 2.24) is 20.0 Å². The van der Waals surface area contributed by atoms with Gasteiger partial charge in [0.1, 0.15) is 5.76 Å². The van der Waals surface area contributed by atoms with E-state index in [2.05, 4.69) is 10.2 Å². The summed E-state index contributed by atoms with van der Waals surface area (Å²) in [6.45, 7) is 5.29. The molecule has 0 bridgehead atoms. The quantitative estimate of drug-likeness (QED) is 0.753. The van der Waals surface area contributed by atoms with Gasteiger partial charge in [-0.2, -0.15) is 0 Å². The zero-order valence-corrected chi connectivity index (χ0v) is 17.3. The van der Waals surface area contributed by atoms with Gasteiger partial charge in [0.15, 0.2) is 0 Å². The summed E-state index contributed by atoms with van der Waals surface area (Å²) in [6, 6.07) is 13.6. The molecule has 2 amide bonds. The van der Waals surface area contributed by atoms with Crippen molar-refractivity contribution in [1.29, 1.82) is 0 Å². The van der Waals surface area contributed by atoms with Crippen molar-refractivity contribution in [2.24, 2.45) is 0 Å². The van der Waals surface area contributed by atoms with Crippen LogP contribution in [0.25, 0.3) is 0 Å². The van der Waals surface area contributed by atoms with E-state index < -0.39 is 0 Å². The van der Waals surface area contributed by atoms with E-state index in [9.17, 15) is 9.59 Å². The maximum absolute atomic E-state index is 12.8. The molecule has 3 heterocycles. The molecule has 0 spiro atoms. The first-order valence-electron chi connectivity index (χ1n) is 10.8. The number of benzene rings is 1. The van der Waals surface area contributed by atoms with Gasteiger partial charge in [0.05, 0.1) is 25.4 Å². The molecule has 30 heavy (non-hydrogen) atoms. The molecule has 0 unspecified atom stereocenters. The fourth-order valence-corrected chi connectivity index (χ4v) is 4.20. The van der Waals surface area contributed by atoms with Gasteiger partial charge in [-0.3, -0.25) is 19.8 Å². The highest BCUT2D eigenvalue weighted by molar-refractivity contribution is 5.79. The van der Waals surface area contributed by atoms with Gasteiger partial charge in [-0.25, -0.2) is 0 Å². The number of hydrogen-bond acceptors (Lipinski definition) is 5. The summed E-state index contributed by atoms with van der Waals surface area (Å²) >= 11 is 0. The van der Waals surface area contributed by atoms with Gasteiger partial charge in [0.2, 0.25) is 11.8 Å². The minimum Gasteiger partial charge on any atom is -0.467 e. The molecular weight excluding hydrogens is 380 g/mol. The van der Waals surface area contributed by atoms with Gasteiger partial charge < -0.3 is 14.2 Å². The topological polar surface area (TPSA) is 69.0 Å². The molecule has 2 aromatic rings. The van der Waals surface area contributed by atoms with Crippen LogP contribution in [-0.2, 0) is 9.59 Å². The highest BCUT2D eigenvalue weighted by Crippen LogP contribution is 2.22. The third kappa shape index (κ3) is 5.09. The van der Waals surface area contributed by atoms with E-state index in [1.54, 1.807) is 6.26 Å². The molecule has 1 atom stereocenters. The average Bonchev–Trinajstić information content (AvgIpc) is 3.50. The minimum absolute atomic E-state index is 0.0769. The first-order valence-corrected chi connectivity index (χ1v) is 10.8. The summed E-state index contributed by atoms with van der Waals surface area (Å²) in [5.41, 5.74) is 1.06. The maximum Gasteiger partial charge on any atom is 0.236 e. The van der Waals surface area contributed by atoms with E-state index in [0.717, 1.165) is 50.3 Å². The summed E-state index contributed by atoms with van der Waals surface area (Å²) in [4.78, 5) is 31.1. The lowest BCUT2D eigenvalue weighted by atomic mass is 10.0. The van der Waals surface area contributed by atoms with Crippen molar-refractivity contribution < 1.29 is 14.0 Å². The number of rotatable bonds is 7. The number of amides is 2. The van der Waals surface area contributed by atoms with Crippen molar-refractivity contribution in [3.8, 4) is 0 Å². The SMILES string of the molecule is O=C(CN[C@@H](c1ccccc1)c1ccco1)N1CCN(CC(=O)N2CCCC2)CC1. The average molecular weight is 411 g/mol. The molecule has 2 aliphatic rings. The van der Waals surface area contributed by atoms with Crippen molar-refractivity contribution in [3.63, 3.8) is 0 Å². The molecule has 1 aromatic carbocycles. The third-order valence-corrected chi connectivity index (χ3v) is 5.96. The Morgan fingerprint density at radius 2 is 1.57 bits per heavy atom. The zero-order valence-electron chi connectivity index (χ0n) is 17.3. The third-order valence-electron chi connectivity index (χ3n) is 5.96. The summed E-state index contributed by atoms with van der Waals surface area (Å²) in [6.07, 6.45) is 3.88. The summed E-state index contributed by atoms with van der Waals surface area (Å²) in [5.74, 6) is 1.09. The summed E-state index contributed by atoms with van der Waals surface area (Å²) in [5, 5.41) is 3.36. The molecule has 2 aliphatic heterocycles. The molecule has 7 nitrogen and oxygen atoms in total. The number of hydrogen-bond donors (Lipinski definition) is 1. The first-order chi connectivity index (χ1) is 14.7. The molecule has 1 N–H and O–H groups in total. The second-order valence-electron chi connectivity index (χ2n) is 7.98. The second kappa shape index (κ2) is 9.91. The molecule has 2 fully saturated rings. The van der Waals surface area contributed by atoms with Gasteiger partial charge in [-0.1, -0.05) is 30.3 Å². The van der Waals surface area contributed by atoms with Crippen LogP contribution in [0.2, 0.25) is 0 Å². The molecule has 1 aromatic heterocycles. The summed E-state index contributed by atoms with van der Waals surface area (Å²) in [7, 11) is 0. The van der Waals surface area contributed by atoms with Crippen LogP contribution < -0.4 is 5.32 Å². The van der Waals surface area contributed by atoms with E-state index >= 15 is 0 Å². The minimum atomic E-state index is -0.162. The Labute approximate surface area is 177 Å². The number of nitrogens with one attached hydrogen (secondary N) is 1. The standard InChI is InChI=1S/C23H30N4O3/c28-21(17-24-23(20-9-6-16-30-20)19-7-2-1-3-8-19)27-14-12-25(13-15-27)18-22(29)26-10-4-5-11-26/h1-3,6-9,16,23-24H,4-5,10-15,17-18H2/t23-/m0/s1. The largest absolute Gasteiger partial charge is 0.467 e. The summed E-state index contributed by atoms with van der Waals surface area (Å²) < 4.78 is 5.59. The Morgan fingerprint density at radius 3 is 2.23 bits per heavy atom. The van der Waals surface area contributed by atoms with Crippen molar-refractivity contribution in [2.75, 3.05) is 52.4 Å². The number of furan rings is 1. The second-order valence-corrected chi connectivity index (χ2v) is 7.98. The Kier molecular flexibility index (Phi) is 6.81. The lowest BCUT2D eigenvalue weighted by Crippen LogP contribution is -2.53. The van der Waals surface area contributed by atoms with E-state index in [1.165, 1.54) is 0 Å². The molecule has 4 rings (SSSR count). The highest BCUT2D eigenvalue weighted by atomic mass is 16.3.